The number of hydrogen-bond acceptors (Lipinski definition) is 6. The van der Waals surface area contributed by atoms with E-state index in [0.29, 0.717) is 39.4 Å². The van der Waals surface area contributed by atoms with E-state index in [0.717, 1.165) is 0 Å². The summed E-state index contributed by atoms with van der Waals surface area (Å²) < 4.78 is 17.1. The minimum absolute atomic E-state index is 0.0906. The van der Waals surface area contributed by atoms with Gasteiger partial charge in [0.2, 0.25) is 0 Å². The number of carbonyl (C=O) groups is 1. The lowest BCUT2D eigenvalue weighted by atomic mass is 10.1. The summed E-state index contributed by atoms with van der Waals surface area (Å²) in [4.78, 5) is 26.4. The molecule has 0 unspecified atom stereocenters. The third-order valence-electron chi connectivity index (χ3n) is 4.97. The Bertz CT molecular complexity index is 1360. The van der Waals surface area contributed by atoms with Gasteiger partial charge in [0.1, 0.15) is 17.2 Å². The number of nitrogens with one attached hydrogen (secondary N) is 1. The first-order chi connectivity index (χ1) is 15.5. The molecule has 0 bridgehead atoms. The first kappa shape index (κ1) is 20.9. The van der Waals surface area contributed by atoms with E-state index >= 15 is 0 Å². The molecule has 32 heavy (non-hydrogen) atoms. The standard InChI is InChI=1S/C24H21N3O5/c1-30-16-8-6-7-15(13-16)27-24(29)19-10-5-4-9-18(19)22(26-27)23(28)25-20-14-17(31-2)11-12-21(20)32-3/h4-14H,1-3H3,(H,25,28). The highest BCUT2D eigenvalue weighted by Crippen LogP contribution is 2.29. The van der Waals surface area contributed by atoms with Crippen LogP contribution >= 0.6 is 0 Å². The van der Waals surface area contributed by atoms with Crippen molar-refractivity contribution in [2.75, 3.05) is 26.6 Å². The van der Waals surface area contributed by atoms with E-state index in [1.807, 2.05) is 0 Å². The Morgan fingerprint density at radius 1 is 0.844 bits per heavy atom. The van der Waals surface area contributed by atoms with Crippen LogP contribution in [0.2, 0.25) is 0 Å². The molecule has 1 heterocycles. The molecular formula is C24H21N3O5. The lowest BCUT2D eigenvalue weighted by Crippen LogP contribution is -2.26. The number of anilines is 1. The molecule has 0 aliphatic heterocycles. The molecule has 0 radical (unpaired) electrons. The fourth-order valence-electron chi connectivity index (χ4n) is 3.37. The van der Waals surface area contributed by atoms with Gasteiger partial charge in [0.05, 0.1) is 38.1 Å². The number of rotatable bonds is 6. The van der Waals surface area contributed by atoms with Gasteiger partial charge in [-0.25, -0.2) is 0 Å². The number of fused-ring (bicyclic) bond motifs is 1. The summed E-state index contributed by atoms with van der Waals surface area (Å²) in [5.74, 6) is 1.09. The molecule has 0 saturated carbocycles. The maximum Gasteiger partial charge on any atom is 0.279 e. The van der Waals surface area contributed by atoms with E-state index in [4.69, 9.17) is 14.2 Å². The van der Waals surface area contributed by atoms with Gasteiger partial charge in [-0.15, -0.1) is 0 Å². The highest BCUT2D eigenvalue weighted by Gasteiger charge is 2.19. The van der Waals surface area contributed by atoms with Crippen LogP contribution in [0.3, 0.4) is 0 Å². The van der Waals surface area contributed by atoms with Crippen molar-refractivity contribution in [2.24, 2.45) is 0 Å². The Hall–Kier alpha value is -4.33. The molecule has 3 aromatic carbocycles. The Morgan fingerprint density at radius 3 is 2.28 bits per heavy atom. The van der Waals surface area contributed by atoms with Crippen molar-refractivity contribution in [1.29, 1.82) is 0 Å². The molecule has 0 aliphatic carbocycles. The van der Waals surface area contributed by atoms with Gasteiger partial charge in [-0.1, -0.05) is 24.3 Å². The summed E-state index contributed by atoms with van der Waals surface area (Å²) in [6.07, 6.45) is 0. The Balaban J connectivity index is 1.86. The highest BCUT2D eigenvalue weighted by atomic mass is 16.5. The summed E-state index contributed by atoms with van der Waals surface area (Å²) in [7, 11) is 4.58. The van der Waals surface area contributed by atoms with Crippen LogP contribution in [0.15, 0.2) is 71.5 Å². The molecule has 1 amide bonds. The van der Waals surface area contributed by atoms with E-state index in [-0.39, 0.29) is 11.3 Å². The zero-order valence-corrected chi connectivity index (χ0v) is 17.8. The van der Waals surface area contributed by atoms with Gasteiger partial charge >= 0.3 is 0 Å². The molecule has 8 heteroatoms. The van der Waals surface area contributed by atoms with Gasteiger partial charge in [-0.3, -0.25) is 9.59 Å². The highest BCUT2D eigenvalue weighted by molar-refractivity contribution is 6.11. The van der Waals surface area contributed by atoms with Crippen molar-refractivity contribution in [3.63, 3.8) is 0 Å². The summed E-state index contributed by atoms with van der Waals surface area (Å²) in [5, 5.41) is 8.03. The van der Waals surface area contributed by atoms with Crippen molar-refractivity contribution >= 4 is 22.4 Å². The number of carbonyl (C=O) groups excluding carboxylic acids is 1. The Morgan fingerprint density at radius 2 is 1.56 bits per heavy atom. The van der Waals surface area contributed by atoms with Crippen LogP contribution in [-0.2, 0) is 0 Å². The number of methoxy groups -OCH3 is 3. The summed E-state index contributed by atoms with van der Waals surface area (Å²) in [5.41, 5.74) is 0.646. The second-order valence-corrected chi connectivity index (χ2v) is 6.83. The van der Waals surface area contributed by atoms with Crippen molar-refractivity contribution in [2.45, 2.75) is 0 Å². The van der Waals surface area contributed by atoms with Gasteiger partial charge in [0.15, 0.2) is 5.69 Å². The van der Waals surface area contributed by atoms with Gasteiger partial charge in [0, 0.05) is 17.5 Å². The molecule has 4 rings (SSSR count). The smallest absolute Gasteiger partial charge is 0.279 e. The minimum Gasteiger partial charge on any atom is -0.497 e. The number of nitrogens with zero attached hydrogens (tertiary/aromatic N) is 2. The van der Waals surface area contributed by atoms with Crippen LogP contribution in [0.1, 0.15) is 10.5 Å². The SMILES string of the molecule is COc1cccc(-n2nc(C(=O)Nc3cc(OC)ccc3OC)c3ccccc3c2=O)c1. The second-order valence-electron chi connectivity index (χ2n) is 6.83. The third-order valence-corrected chi connectivity index (χ3v) is 4.97. The predicted molar refractivity (Wildman–Crippen MR) is 121 cm³/mol. The number of benzene rings is 3. The lowest BCUT2D eigenvalue weighted by molar-refractivity contribution is 0.102. The minimum atomic E-state index is -0.496. The van der Waals surface area contributed by atoms with Gasteiger partial charge < -0.3 is 19.5 Å². The van der Waals surface area contributed by atoms with Crippen LogP contribution in [0.5, 0.6) is 17.2 Å². The Labute approximate surface area is 184 Å². The van der Waals surface area contributed by atoms with E-state index in [1.54, 1.807) is 66.7 Å². The molecule has 162 valence electrons. The normalized spacial score (nSPS) is 10.6. The average Bonchev–Trinajstić information content (AvgIpc) is 2.84. The summed E-state index contributed by atoms with van der Waals surface area (Å²) in [6, 6.07) is 18.8. The first-order valence-corrected chi connectivity index (χ1v) is 9.75. The Kier molecular flexibility index (Phi) is 5.76. The molecule has 1 N–H and O–H groups in total. The van der Waals surface area contributed by atoms with Crippen molar-refractivity contribution in [3.8, 4) is 22.9 Å². The van der Waals surface area contributed by atoms with E-state index in [9.17, 15) is 9.59 Å². The molecule has 4 aromatic rings. The molecule has 8 nitrogen and oxygen atoms in total. The number of aromatic nitrogens is 2. The summed E-state index contributed by atoms with van der Waals surface area (Å²) >= 11 is 0. The van der Waals surface area contributed by atoms with Crippen LogP contribution in [0.4, 0.5) is 5.69 Å². The van der Waals surface area contributed by atoms with Crippen LogP contribution in [0.25, 0.3) is 16.5 Å². The van der Waals surface area contributed by atoms with Crippen molar-refractivity contribution in [3.05, 3.63) is 82.8 Å². The maximum absolute atomic E-state index is 13.3. The van der Waals surface area contributed by atoms with E-state index in [1.165, 1.54) is 26.0 Å². The molecule has 0 fully saturated rings. The zero-order chi connectivity index (χ0) is 22.7. The fraction of sp³-hybridized carbons (Fsp3) is 0.125. The molecular weight excluding hydrogens is 410 g/mol. The molecule has 0 spiro atoms. The number of ether oxygens (including phenoxy) is 3. The quantitative estimate of drug-likeness (QED) is 0.501. The molecule has 1 aromatic heterocycles. The van der Waals surface area contributed by atoms with Crippen molar-refractivity contribution < 1.29 is 19.0 Å². The van der Waals surface area contributed by atoms with Gasteiger partial charge in [-0.05, 0) is 30.3 Å². The van der Waals surface area contributed by atoms with Crippen LogP contribution < -0.4 is 25.1 Å². The van der Waals surface area contributed by atoms with Crippen molar-refractivity contribution in [1.82, 2.24) is 9.78 Å². The second kappa shape index (κ2) is 8.81. The molecule has 0 aliphatic rings. The van der Waals surface area contributed by atoms with Gasteiger partial charge in [-0.2, -0.15) is 9.78 Å². The fourth-order valence-corrected chi connectivity index (χ4v) is 3.37. The largest absolute Gasteiger partial charge is 0.497 e. The zero-order valence-electron chi connectivity index (χ0n) is 17.8. The number of amides is 1. The summed E-state index contributed by atoms with van der Waals surface area (Å²) in [6.45, 7) is 0. The maximum atomic E-state index is 13.3. The predicted octanol–water partition coefficient (Wildman–Crippen LogP) is 3.66. The monoisotopic (exact) mass is 431 g/mol. The first-order valence-electron chi connectivity index (χ1n) is 9.75. The lowest BCUT2D eigenvalue weighted by Gasteiger charge is -2.14. The topological polar surface area (TPSA) is 91.7 Å². The van der Waals surface area contributed by atoms with E-state index in [2.05, 4.69) is 10.4 Å². The van der Waals surface area contributed by atoms with Crippen LogP contribution in [0, 0.1) is 0 Å². The van der Waals surface area contributed by atoms with Crippen LogP contribution in [-0.4, -0.2) is 37.0 Å². The van der Waals surface area contributed by atoms with Gasteiger partial charge in [0.25, 0.3) is 11.5 Å². The van der Waals surface area contributed by atoms with E-state index < -0.39 is 5.91 Å². The molecule has 0 saturated heterocycles. The average molecular weight is 431 g/mol. The molecule has 0 atom stereocenters. The number of hydrogen-bond donors (Lipinski definition) is 1. The third kappa shape index (κ3) is 3.85.